The summed E-state index contributed by atoms with van der Waals surface area (Å²) >= 11 is 0. The van der Waals surface area contributed by atoms with Crippen molar-refractivity contribution < 1.29 is 18.0 Å². The number of hydrogen-bond donors (Lipinski definition) is 4. The Morgan fingerprint density at radius 2 is 1.91 bits per heavy atom. The van der Waals surface area contributed by atoms with Crippen molar-refractivity contribution in [3.05, 3.63) is 60.2 Å². The van der Waals surface area contributed by atoms with E-state index in [1.807, 2.05) is 0 Å². The molecule has 0 saturated heterocycles. The molecule has 168 valence electrons. The number of alkyl halides is 2. The zero-order valence-corrected chi connectivity index (χ0v) is 16.9. The Bertz CT molecular complexity index is 1120. The quantitative estimate of drug-likeness (QED) is 0.462. The number of nitrogens with two attached hydrogens (primary N) is 2. The Morgan fingerprint density at radius 1 is 1.16 bits per heavy atom. The van der Waals surface area contributed by atoms with E-state index in [1.54, 1.807) is 24.3 Å². The lowest BCUT2D eigenvalue weighted by molar-refractivity contribution is -0.0511. The van der Waals surface area contributed by atoms with Gasteiger partial charge in [-0.05, 0) is 43.2 Å². The van der Waals surface area contributed by atoms with Gasteiger partial charge in [0.1, 0.15) is 11.9 Å². The highest BCUT2D eigenvalue weighted by molar-refractivity contribution is 6.00. The fraction of sp³-hybridized carbons (Fsp3) is 0.286. The Morgan fingerprint density at radius 3 is 2.59 bits per heavy atom. The lowest BCUT2D eigenvalue weighted by Gasteiger charge is -2.37. The molecule has 0 aliphatic heterocycles. The Kier molecular flexibility index (Phi) is 5.74. The van der Waals surface area contributed by atoms with Crippen LogP contribution in [0.15, 0.2) is 48.8 Å². The van der Waals surface area contributed by atoms with E-state index in [9.17, 15) is 18.0 Å². The molecule has 2 atom stereocenters. The third-order valence-corrected chi connectivity index (χ3v) is 5.39. The number of benzene rings is 2. The number of carbonyl (C=O) groups is 1. The molecule has 32 heavy (non-hydrogen) atoms. The monoisotopic (exact) mass is 445 g/mol. The molecule has 2 aromatic carbocycles. The number of nitrogens with zero attached hydrogens (tertiary/aromatic N) is 3. The van der Waals surface area contributed by atoms with Crippen LogP contribution in [0.1, 0.15) is 29.6 Å². The fourth-order valence-corrected chi connectivity index (χ4v) is 3.79. The number of primary amides is 1. The van der Waals surface area contributed by atoms with Crippen LogP contribution < -0.4 is 22.1 Å². The van der Waals surface area contributed by atoms with Gasteiger partial charge < -0.3 is 22.1 Å². The average Bonchev–Trinajstić information content (AvgIpc) is 3.27. The van der Waals surface area contributed by atoms with Crippen LogP contribution in [0.2, 0.25) is 0 Å². The van der Waals surface area contributed by atoms with Crippen LogP contribution in [0, 0.1) is 5.82 Å². The van der Waals surface area contributed by atoms with Crippen molar-refractivity contribution in [1.29, 1.82) is 0 Å². The molecule has 0 spiro atoms. The van der Waals surface area contributed by atoms with Gasteiger partial charge in [0.2, 0.25) is 0 Å². The van der Waals surface area contributed by atoms with Crippen molar-refractivity contribution in [3.63, 3.8) is 0 Å². The van der Waals surface area contributed by atoms with Crippen molar-refractivity contribution in [2.45, 2.75) is 37.3 Å². The largest absolute Gasteiger partial charge is 0.373 e. The van der Waals surface area contributed by atoms with Crippen LogP contribution in [0.4, 0.5) is 30.2 Å². The highest BCUT2D eigenvalue weighted by atomic mass is 19.3. The van der Waals surface area contributed by atoms with Gasteiger partial charge in [-0.2, -0.15) is 15.0 Å². The predicted octanol–water partition coefficient (Wildman–Crippen LogP) is 3.18. The summed E-state index contributed by atoms with van der Waals surface area (Å²) in [6.45, 7) is 0. The first-order valence-corrected chi connectivity index (χ1v) is 10.0. The first-order valence-electron chi connectivity index (χ1n) is 10.0. The van der Waals surface area contributed by atoms with E-state index >= 15 is 0 Å². The number of carbonyl (C=O) groups excluding carboxylic acids is 1. The van der Waals surface area contributed by atoms with Gasteiger partial charge in [-0.1, -0.05) is 6.07 Å². The molecule has 1 aliphatic carbocycles. The molecule has 0 unspecified atom stereocenters. The summed E-state index contributed by atoms with van der Waals surface area (Å²) in [4.78, 5) is 13.3. The minimum atomic E-state index is -3.09. The smallest absolute Gasteiger partial charge is 0.269 e. The van der Waals surface area contributed by atoms with E-state index in [0.29, 0.717) is 24.2 Å². The maximum atomic E-state index is 14.7. The summed E-state index contributed by atoms with van der Waals surface area (Å²) < 4.78 is 43.5. The molecule has 6 N–H and O–H groups in total. The summed E-state index contributed by atoms with van der Waals surface area (Å²) in [5.74, 6) is -4.85. The molecule has 1 amide bonds. The summed E-state index contributed by atoms with van der Waals surface area (Å²) in [7, 11) is 0. The van der Waals surface area contributed by atoms with Crippen LogP contribution in [-0.4, -0.2) is 38.9 Å². The zero-order valence-electron chi connectivity index (χ0n) is 16.9. The number of nitrogens with one attached hydrogen (secondary N) is 2. The summed E-state index contributed by atoms with van der Waals surface area (Å²) in [5, 5.41) is 13.7. The molecule has 3 aromatic rings. The van der Waals surface area contributed by atoms with Gasteiger partial charge >= 0.3 is 0 Å². The van der Waals surface area contributed by atoms with Gasteiger partial charge in [0.25, 0.3) is 11.8 Å². The lowest BCUT2D eigenvalue weighted by atomic mass is 9.87. The van der Waals surface area contributed by atoms with Crippen molar-refractivity contribution >= 4 is 23.0 Å². The number of amides is 1. The Balaban J connectivity index is 1.67. The molecule has 1 aliphatic rings. The molecule has 0 bridgehead atoms. The van der Waals surface area contributed by atoms with Crippen LogP contribution >= 0.6 is 0 Å². The molecule has 8 nitrogen and oxygen atoms in total. The van der Waals surface area contributed by atoms with E-state index < -0.39 is 29.7 Å². The molecular formula is C21H22F3N7O. The maximum Gasteiger partial charge on any atom is 0.269 e. The summed E-state index contributed by atoms with van der Waals surface area (Å²) in [6.07, 6.45) is 3.40. The molecule has 1 aromatic heterocycles. The Labute approximate surface area is 181 Å². The molecule has 0 radical (unpaired) electrons. The highest BCUT2D eigenvalue weighted by Crippen LogP contribution is 2.36. The second kappa shape index (κ2) is 8.50. The second-order valence-electron chi connectivity index (χ2n) is 7.67. The summed E-state index contributed by atoms with van der Waals surface area (Å²) in [5.41, 5.74) is 12.3. The van der Waals surface area contributed by atoms with Crippen LogP contribution in [0.5, 0.6) is 0 Å². The van der Waals surface area contributed by atoms with Gasteiger partial charge in [-0.3, -0.25) is 4.79 Å². The van der Waals surface area contributed by atoms with Gasteiger partial charge in [0.15, 0.2) is 0 Å². The molecular weight excluding hydrogens is 423 g/mol. The normalized spacial score (nSPS) is 20.0. The van der Waals surface area contributed by atoms with Crippen LogP contribution in [0.25, 0.3) is 5.69 Å². The third-order valence-electron chi connectivity index (χ3n) is 5.39. The SMILES string of the molecule is NC(=O)c1cc(F)c(N[C@H]2[C@@H](N)CCCC2(F)F)cc1Nc1cccc(-n2nccn2)c1. The molecule has 1 saturated carbocycles. The third kappa shape index (κ3) is 4.37. The molecule has 4 rings (SSSR count). The Hall–Kier alpha value is -3.60. The van der Waals surface area contributed by atoms with Crippen molar-refractivity contribution in [2.24, 2.45) is 11.5 Å². The number of rotatable bonds is 6. The van der Waals surface area contributed by atoms with Crippen LogP contribution in [0.3, 0.4) is 0 Å². The average molecular weight is 445 g/mol. The van der Waals surface area contributed by atoms with Gasteiger partial charge in [-0.15, -0.1) is 0 Å². The summed E-state index contributed by atoms with van der Waals surface area (Å²) in [6, 6.07) is 6.78. The van der Waals surface area contributed by atoms with Gasteiger partial charge in [0.05, 0.1) is 35.0 Å². The van der Waals surface area contributed by atoms with E-state index in [2.05, 4.69) is 20.8 Å². The first-order chi connectivity index (χ1) is 15.2. The van der Waals surface area contributed by atoms with Crippen molar-refractivity contribution in [2.75, 3.05) is 10.6 Å². The first kappa shape index (κ1) is 21.6. The van der Waals surface area contributed by atoms with Crippen LogP contribution in [-0.2, 0) is 0 Å². The van der Waals surface area contributed by atoms with E-state index in [1.165, 1.54) is 23.3 Å². The number of halogens is 3. The van der Waals surface area contributed by atoms with Gasteiger partial charge in [0, 0.05) is 18.2 Å². The number of aromatic nitrogens is 3. The van der Waals surface area contributed by atoms with E-state index in [0.717, 1.165) is 6.07 Å². The van der Waals surface area contributed by atoms with Gasteiger partial charge in [-0.25, -0.2) is 13.2 Å². The van der Waals surface area contributed by atoms with Crippen molar-refractivity contribution in [1.82, 2.24) is 15.0 Å². The molecule has 1 heterocycles. The topological polar surface area (TPSA) is 124 Å². The molecule has 1 fully saturated rings. The van der Waals surface area contributed by atoms with Crippen molar-refractivity contribution in [3.8, 4) is 5.69 Å². The molecule has 11 heteroatoms. The predicted molar refractivity (Wildman–Crippen MR) is 114 cm³/mol. The minimum absolute atomic E-state index is 0.129. The zero-order chi connectivity index (χ0) is 22.9. The second-order valence-corrected chi connectivity index (χ2v) is 7.67. The van der Waals surface area contributed by atoms with E-state index in [-0.39, 0.29) is 23.4 Å². The number of anilines is 3. The maximum absolute atomic E-state index is 14.7. The van der Waals surface area contributed by atoms with E-state index in [4.69, 9.17) is 11.5 Å². The number of hydrogen-bond acceptors (Lipinski definition) is 6. The highest BCUT2D eigenvalue weighted by Gasteiger charge is 2.46. The standard InChI is InChI=1S/C21H22F3N7O/c22-15-10-14(20(26)32)17(11-18(15)30-19-16(25)5-2-6-21(19,23)24)29-12-3-1-4-13(9-12)31-27-7-8-28-31/h1,3-4,7-11,16,19,29-30H,2,5-6,25H2,(H2,26,32)/t16-,19-/m0/s1. The fourth-order valence-electron chi connectivity index (χ4n) is 3.79. The minimum Gasteiger partial charge on any atom is -0.373 e. The lowest BCUT2D eigenvalue weighted by Crippen LogP contribution is -2.55.